The summed E-state index contributed by atoms with van der Waals surface area (Å²) in [4.78, 5) is 2.37. The molecule has 1 N–H and O–H groups in total. The van der Waals surface area contributed by atoms with Gasteiger partial charge < -0.3 is 10.2 Å². The van der Waals surface area contributed by atoms with Crippen molar-refractivity contribution in [2.24, 2.45) is 7.05 Å². The molecule has 1 aliphatic rings. The molecule has 1 atom stereocenters. The summed E-state index contributed by atoms with van der Waals surface area (Å²) in [7, 11) is 1.95. The lowest BCUT2D eigenvalue weighted by Gasteiger charge is -2.32. The van der Waals surface area contributed by atoms with Gasteiger partial charge in [-0.15, -0.1) is 0 Å². The highest BCUT2D eigenvalue weighted by Crippen LogP contribution is 2.13. The van der Waals surface area contributed by atoms with Crippen LogP contribution in [0.25, 0.3) is 0 Å². The third-order valence-electron chi connectivity index (χ3n) is 2.43. The topological polar surface area (TPSA) is 33.1 Å². The Morgan fingerprint density at radius 2 is 2.46 bits per heavy atom. The van der Waals surface area contributed by atoms with Crippen molar-refractivity contribution in [2.45, 2.75) is 13.0 Å². The van der Waals surface area contributed by atoms with Crippen molar-refractivity contribution in [3.8, 4) is 0 Å². The molecule has 0 aliphatic carbocycles. The molecule has 0 spiro atoms. The molecular weight excluding hydrogens is 164 g/mol. The SMILES string of the molecule is CC1CN(c2cnn(C)c2)CCN1. The van der Waals surface area contributed by atoms with E-state index in [1.807, 2.05) is 17.9 Å². The third-order valence-corrected chi connectivity index (χ3v) is 2.43. The van der Waals surface area contributed by atoms with Crippen LogP contribution in [0.4, 0.5) is 5.69 Å². The third kappa shape index (κ3) is 1.83. The van der Waals surface area contributed by atoms with Crippen molar-refractivity contribution >= 4 is 5.69 Å². The van der Waals surface area contributed by atoms with E-state index in [4.69, 9.17) is 0 Å². The van der Waals surface area contributed by atoms with Gasteiger partial charge in [0.15, 0.2) is 0 Å². The molecule has 0 radical (unpaired) electrons. The molecule has 2 heterocycles. The van der Waals surface area contributed by atoms with E-state index in [1.54, 1.807) is 0 Å². The molecule has 0 aromatic carbocycles. The largest absolute Gasteiger partial charge is 0.366 e. The van der Waals surface area contributed by atoms with Crippen molar-refractivity contribution in [3.63, 3.8) is 0 Å². The Hall–Kier alpha value is -1.03. The lowest BCUT2D eigenvalue weighted by atomic mass is 10.2. The molecule has 1 unspecified atom stereocenters. The minimum Gasteiger partial charge on any atom is -0.366 e. The fourth-order valence-electron chi connectivity index (χ4n) is 1.74. The number of anilines is 1. The zero-order valence-corrected chi connectivity index (χ0v) is 8.20. The van der Waals surface area contributed by atoms with Gasteiger partial charge in [0, 0.05) is 38.9 Å². The van der Waals surface area contributed by atoms with Crippen LogP contribution in [0.1, 0.15) is 6.92 Å². The summed E-state index contributed by atoms with van der Waals surface area (Å²) >= 11 is 0. The zero-order chi connectivity index (χ0) is 9.26. The molecule has 4 nitrogen and oxygen atoms in total. The first-order chi connectivity index (χ1) is 6.25. The van der Waals surface area contributed by atoms with Gasteiger partial charge in [-0.3, -0.25) is 4.68 Å². The van der Waals surface area contributed by atoms with E-state index in [9.17, 15) is 0 Å². The normalized spacial score (nSPS) is 23.5. The quantitative estimate of drug-likeness (QED) is 0.671. The Bertz CT molecular complexity index is 281. The summed E-state index contributed by atoms with van der Waals surface area (Å²) in [5.41, 5.74) is 1.23. The summed E-state index contributed by atoms with van der Waals surface area (Å²) in [5.74, 6) is 0. The zero-order valence-electron chi connectivity index (χ0n) is 8.20. The van der Waals surface area contributed by atoms with E-state index in [1.165, 1.54) is 5.69 Å². The van der Waals surface area contributed by atoms with Crippen LogP contribution in [0, 0.1) is 0 Å². The number of nitrogens with zero attached hydrogens (tertiary/aromatic N) is 3. The molecule has 1 saturated heterocycles. The number of hydrogen-bond acceptors (Lipinski definition) is 3. The Balaban J connectivity index is 2.08. The first-order valence-electron chi connectivity index (χ1n) is 4.72. The van der Waals surface area contributed by atoms with Gasteiger partial charge in [-0.1, -0.05) is 0 Å². The van der Waals surface area contributed by atoms with E-state index in [2.05, 4.69) is 28.4 Å². The van der Waals surface area contributed by atoms with E-state index in [0.29, 0.717) is 6.04 Å². The van der Waals surface area contributed by atoms with Crippen LogP contribution in [0.15, 0.2) is 12.4 Å². The lowest BCUT2D eigenvalue weighted by Crippen LogP contribution is -2.49. The second-order valence-corrected chi connectivity index (χ2v) is 3.67. The van der Waals surface area contributed by atoms with E-state index < -0.39 is 0 Å². The summed E-state index contributed by atoms with van der Waals surface area (Å²) < 4.78 is 1.85. The summed E-state index contributed by atoms with van der Waals surface area (Å²) in [6.07, 6.45) is 4.00. The summed E-state index contributed by atoms with van der Waals surface area (Å²) in [6.45, 7) is 5.43. The van der Waals surface area contributed by atoms with Crippen molar-refractivity contribution < 1.29 is 0 Å². The average molecular weight is 180 g/mol. The Labute approximate surface area is 78.5 Å². The summed E-state index contributed by atoms with van der Waals surface area (Å²) in [5, 5.41) is 7.59. The number of nitrogens with one attached hydrogen (secondary N) is 1. The molecule has 2 rings (SSSR count). The first kappa shape index (κ1) is 8.56. The van der Waals surface area contributed by atoms with Crippen molar-refractivity contribution in [3.05, 3.63) is 12.4 Å². The van der Waals surface area contributed by atoms with Gasteiger partial charge >= 0.3 is 0 Å². The molecule has 0 amide bonds. The first-order valence-corrected chi connectivity index (χ1v) is 4.72. The van der Waals surface area contributed by atoms with Gasteiger partial charge in [-0.2, -0.15) is 5.10 Å². The van der Waals surface area contributed by atoms with E-state index in [0.717, 1.165) is 19.6 Å². The molecular formula is C9H16N4. The minimum absolute atomic E-state index is 0.578. The van der Waals surface area contributed by atoms with Gasteiger partial charge in [-0.05, 0) is 6.92 Å². The Morgan fingerprint density at radius 3 is 3.08 bits per heavy atom. The fourth-order valence-corrected chi connectivity index (χ4v) is 1.74. The van der Waals surface area contributed by atoms with Crippen molar-refractivity contribution in [2.75, 3.05) is 24.5 Å². The monoisotopic (exact) mass is 180 g/mol. The standard InChI is InChI=1S/C9H16N4/c1-8-6-13(4-3-10-8)9-5-11-12(2)7-9/h5,7-8,10H,3-4,6H2,1-2H3. The highest BCUT2D eigenvalue weighted by Gasteiger charge is 2.16. The molecule has 1 fully saturated rings. The number of aryl methyl sites for hydroxylation is 1. The second kappa shape index (κ2) is 3.38. The van der Waals surface area contributed by atoms with Crippen LogP contribution in [-0.4, -0.2) is 35.5 Å². The number of hydrogen-bond donors (Lipinski definition) is 1. The molecule has 1 aliphatic heterocycles. The Morgan fingerprint density at radius 1 is 1.62 bits per heavy atom. The van der Waals surface area contributed by atoms with Gasteiger partial charge in [-0.25, -0.2) is 0 Å². The van der Waals surface area contributed by atoms with Crippen LogP contribution in [0.2, 0.25) is 0 Å². The smallest absolute Gasteiger partial charge is 0.0753 e. The maximum Gasteiger partial charge on any atom is 0.0753 e. The highest BCUT2D eigenvalue weighted by atomic mass is 15.3. The van der Waals surface area contributed by atoms with Crippen LogP contribution in [0.3, 0.4) is 0 Å². The Kier molecular flexibility index (Phi) is 2.22. The number of aromatic nitrogens is 2. The maximum atomic E-state index is 4.17. The predicted octanol–water partition coefficient (Wildman–Crippen LogP) is 0.218. The summed E-state index contributed by atoms with van der Waals surface area (Å²) in [6, 6.07) is 0.578. The highest BCUT2D eigenvalue weighted by molar-refractivity contribution is 5.42. The number of rotatable bonds is 1. The molecule has 13 heavy (non-hydrogen) atoms. The predicted molar refractivity (Wildman–Crippen MR) is 52.9 cm³/mol. The molecule has 72 valence electrons. The molecule has 1 aromatic heterocycles. The van der Waals surface area contributed by atoms with Gasteiger partial charge in [0.1, 0.15) is 0 Å². The van der Waals surface area contributed by atoms with E-state index >= 15 is 0 Å². The lowest BCUT2D eigenvalue weighted by molar-refractivity contribution is 0.485. The van der Waals surface area contributed by atoms with Gasteiger partial charge in [0.2, 0.25) is 0 Å². The van der Waals surface area contributed by atoms with Crippen LogP contribution in [0.5, 0.6) is 0 Å². The fraction of sp³-hybridized carbons (Fsp3) is 0.667. The molecule has 0 bridgehead atoms. The molecule has 1 aromatic rings. The van der Waals surface area contributed by atoms with E-state index in [-0.39, 0.29) is 0 Å². The van der Waals surface area contributed by atoms with Crippen LogP contribution in [-0.2, 0) is 7.05 Å². The minimum atomic E-state index is 0.578. The van der Waals surface area contributed by atoms with Gasteiger partial charge in [0.25, 0.3) is 0 Å². The second-order valence-electron chi connectivity index (χ2n) is 3.67. The van der Waals surface area contributed by atoms with Crippen molar-refractivity contribution in [1.29, 1.82) is 0 Å². The molecule has 4 heteroatoms. The number of piperazine rings is 1. The van der Waals surface area contributed by atoms with Crippen LogP contribution < -0.4 is 10.2 Å². The van der Waals surface area contributed by atoms with Gasteiger partial charge in [0.05, 0.1) is 11.9 Å². The van der Waals surface area contributed by atoms with Crippen LogP contribution >= 0.6 is 0 Å². The molecule has 0 saturated carbocycles. The average Bonchev–Trinajstić information content (AvgIpc) is 2.52. The van der Waals surface area contributed by atoms with Crippen molar-refractivity contribution in [1.82, 2.24) is 15.1 Å². The maximum absolute atomic E-state index is 4.17.